The summed E-state index contributed by atoms with van der Waals surface area (Å²) in [6.45, 7) is 6.49. The average Bonchev–Trinajstić information content (AvgIpc) is 2.87. The minimum absolute atomic E-state index is 0.00546. The lowest BCUT2D eigenvalue weighted by molar-refractivity contribution is 0.0691. The highest BCUT2D eigenvalue weighted by Gasteiger charge is 2.21. The molecule has 0 saturated carbocycles. The molecular formula is C16H19NO2S. The van der Waals surface area contributed by atoms with Gasteiger partial charge in [0.1, 0.15) is 5.75 Å². The quantitative estimate of drug-likeness (QED) is 0.929. The molecule has 3 nitrogen and oxygen atoms in total. The van der Waals surface area contributed by atoms with Gasteiger partial charge >= 0.3 is 0 Å². The summed E-state index contributed by atoms with van der Waals surface area (Å²) in [7, 11) is 0. The number of nitrogens with zero attached hydrogens (tertiary/aromatic N) is 1. The van der Waals surface area contributed by atoms with E-state index in [9.17, 15) is 9.90 Å². The normalized spacial score (nSPS) is 10.8. The van der Waals surface area contributed by atoms with Gasteiger partial charge in [0.25, 0.3) is 5.91 Å². The molecule has 2 rings (SSSR count). The third-order valence-corrected chi connectivity index (χ3v) is 4.09. The van der Waals surface area contributed by atoms with Crippen LogP contribution in [0.4, 0.5) is 0 Å². The Morgan fingerprint density at radius 3 is 2.65 bits per heavy atom. The number of amides is 1. The lowest BCUT2D eigenvalue weighted by atomic mass is 10.1. The summed E-state index contributed by atoms with van der Waals surface area (Å²) in [6.07, 6.45) is 0. The fourth-order valence-electron chi connectivity index (χ4n) is 2.10. The van der Waals surface area contributed by atoms with Crippen molar-refractivity contribution in [1.29, 1.82) is 0 Å². The molecule has 106 valence electrons. The van der Waals surface area contributed by atoms with Crippen molar-refractivity contribution in [3.63, 3.8) is 0 Å². The van der Waals surface area contributed by atoms with Gasteiger partial charge in [-0.15, -0.1) is 11.3 Å². The minimum Gasteiger partial charge on any atom is -0.508 e. The van der Waals surface area contributed by atoms with Gasteiger partial charge in [0.05, 0.1) is 6.54 Å². The third-order valence-electron chi connectivity index (χ3n) is 3.23. The van der Waals surface area contributed by atoms with Crippen LogP contribution < -0.4 is 0 Å². The van der Waals surface area contributed by atoms with Crippen LogP contribution in [0.25, 0.3) is 0 Å². The van der Waals surface area contributed by atoms with Crippen LogP contribution in [0.2, 0.25) is 0 Å². The number of rotatable bonds is 4. The molecule has 20 heavy (non-hydrogen) atoms. The Balaban J connectivity index is 2.27. The van der Waals surface area contributed by atoms with E-state index in [1.54, 1.807) is 29.5 Å². The zero-order valence-corrected chi connectivity index (χ0v) is 12.8. The summed E-state index contributed by atoms with van der Waals surface area (Å²) in [6, 6.07) is 9.03. The highest BCUT2D eigenvalue weighted by molar-refractivity contribution is 7.09. The second-order valence-corrected chi connectivity index (χ2v) is 6.14. The Morgan fingerprint density at radius 1 is 1.35 bits per heavy atom. The van der Waals surface area contributed by atoms with E-state index < -0.39 is 0 Å². The summed E-state index contributed by atoms with van der Waals surface area (Å²) in [5, 5.41) is 11.5. The largest absolute Gasteiger partial charge is 0.508 e. The molecule has 0 aliphatic carbocycles. The Hall–Kier alpha value is -1.81. The number of hydrogen-bond acceptors (Lipinski definition) is 3. The SMILES string of the molecule is Cc1cc(O)ccc1C(=O)N(Cc1cccs1)C(C)C. The van der Waals surface area contributed by atoms with Gasteiger partial charge in [-0.3, -0.25) is 4.79 Å². The second kappa shape index (κ2) is 6.09. The van der Waals surface area contributed by atoms with E-state index in [4.69, 9.17) is 0 Å². The molecule has 1 amide bonds. The lowest BCUT2D eigenvalue weighted by Gasteiger charge is -2.27. The van der Waals surface area contributed by atoms with Crippen LogP contribution in [0.1, 0.15) is 34.6 Å². The molecule has 0 aliphatic heterocycles. The molecule has 1 heterocycles. The van der Waals surface area contributed by atoms with Crippen LogP contribution in [-0.4, -0.2) is 22.0 Å². The van der Waals surface area contributed by atoms with Gasteiger partial charge in [0, 0.05) is 16.5 Å². The Labute approximate surface area is 123 Å². The van der Waals surface area contributed by atoms with Crippen molar-refractivity contribution >= 4 is 17.2 Å². The van der Waals surface area contributed by atoms with Crippen molar-refractivity contribution < 1.29 is 9.90 Å². The molecule has 0 bridgehead atoms. The highest BCUT2D eigenvalue weighted by atomic mass is 32.1. The molecule has 4 heteroatoms. The van der Waals surface area contributed by atoms with E-state index in [2.05, 4.69) is 0 Å². The van der Waals surface area contributed by atoms with Crippen molar-refractivity contribution in [1.82, 2.24) is 4.90 Å². The molecule has 0 saturated heterocycles. The maximum atomic E-state index is 12.7. The Morgan fingerprint density at radius 2 is 2.10 bits per heavy atom. The number of aryl methyl sites for hydroxylation is 1. The van der Waals surface area contributed by atoms with Gasteiger partial charge in [-0.2, -0.15) is 0 Å². The van der Waals surface area contributed by atoms with E-state index in [0.29, 0.717) is 12.1 Å². The maximum Gasteiger partial charge on any atom is 0.254 e. The molecule has 0 radical (unpaired) electrons. The highest BCUT2D eigenvalue weighted by Crippen LogP contribution is 2.21. The van der Waals surface area contributed by atoms with Gasteiger partial charge in [-0.05, 0) is 56.0 Å². The number of phenols is 1. The number of phenolic OH excluding ortho intramolecular Hbond substituents is 1. The number of benzene rings is 1. The summed E-state index contributed by atoms with van der Waals surface area (Å²) in [5.41, 5.74) is 1.44. The van der Waals surface area contributed by atoms with Gasteiger partial charge in [-0.1, -0.05) is 6.07 Å². The molecule has 1 N–H and O–H groups in total. The Bertz CT molecular complexity index is 591. The number of carbonyl (C=O) groups is 1. The van der Waals surface area contributed by atoms with E-state index >= 15 is 0 Å². The molecule has 0 atom stereocenters. The van der Waals surface area contributed by atoms with Crippen molar-refractivity contribution in [2.24, 2.45) is 0 Å². The minimum atomic E-state index is 0.00546. The molecular weight excluding hydrogens is 270 g/mol. The molecule has 0 unspecified atom stereocenters. The fraction of sp³-hybridized carbons (Fsp3) is 0.312. The zero-order chi connectivity index (χ0) is 14.7. The van der Waals surface area contributed by atoms with E-state index in [0.717, 1.165) is 5.56 Å². The first-order chi connectivity index (χ1) is 9.49. The number of aromatic hydroxyl groups is 1. The van der Waals surface area contributed by atoms with Crippen LogP contribution in [0.5, 0.6) is 5.75 Å². The van der Waals surface area contributed by atoms with Crippen LogP contribution >= 0.6 is 11.3 Å². The molecule has 0 aliphatic rings. The van der Waals surface area contributed by atoms with Crippen LogP contribution in [0.3, 0.4) is 0 Å². The smallest absolute Gasteiger partial charge is 0.254 e. The van der Waals surface area contributed by atoms with Crippen LogP contribution in [-0.2, 0) is 6.54 Å². The molecule has 2 aromatic rings. The first kappa shape index (κ1) is 14.6. The average molecular weight is 289 g/mol. The zero-order valence-electron chi connectivity index (χ0n) is 12.0. The third kappa shape index (κ3) is 3.20. The fourth-order valence-corrected chi connectivity index (χ4v) is 2.80. The predicted molar refractivity (Wildman–Crippen MR) is 82.2 cm³/mol. The van der Waals surface area contributed by atoms with E-state index in [-0.39, 0.29) is 17.7 Å². The van der Waals surface area contributed by atoms with Gasteiger partial charge < -0.3 is 10.0 Å². The van der Waals surface area contributed by atoms with Gasteiger partial charge in [-0.25, -0.2) is 0 Å². The summed E-state index contributed by atoms with van der Waals surface area (Å²) < 4.78 is 0. The first-order valence-corrected chi connectivity index (χ1v) is 7.50. The summed E-state index contributed by atoms with van der Waals surface area (Å²) in [5.74, 6) is 0.194. The van der Waals surface area contributed by atoms with Crippen molar-refractivity contribution in [2.75, 3.05) is 0 Å². The van der Waals surface area contributed by atoms with E-state index in [1.807, 2.05) is 43.2 Å². The molecule has 1 aromatic heterocycles. The molecule has 1 aromatic carbocycles. The topological polar surface area (TPSA) is 40.5 Å². The van der Waals surface area contributed by atoms with Crippen molar-refractivity contribution in [3.05, 3.63) is 51.7 Å². The van der Waals surface area contributed by atoms with Crippen LogP contribution in [0, 0.1) is 6.92 Å². The van der Waals surface area contributed by atoms with Gasteiger partial charge in [0.15, 0.2) is 0 Å². The van der Waals surface area contributed by atoms with Crippen molar-refractivity contribution in [3.8, 4) is 5.75 Å². The van der Waals surface area contributed by atoms with E-state index in [1.165, 1.54) is 4.88 Å². The van der Waals surface area contributed by atoms with Gasteiger partial charge in [0.2, 0.25) is 0 Å². The number of hydrogen-bond donors (Lipinski definition) is 1. The maximum absolute atomic E-state index is 12.7. The summed E-state index contributed by atoms with van der Waals surface area (Å²) in [4.78, 5) is 15.7. The monoisotopic (exact) mass is 289 g/mol. The standard InChI is InChI=1S/C16H19NO2S/c1-11(2)17(10-14-5-4-8-20-14)16(19)15-7-6-13(18)9-12(15)3/h4-9,11,18H,10H2,1-3H3. The summed E-state index contributed by atoms with van der Waals surface area (Å²) >= 11 is 1.65. The molecule has 0 fully saturated rings. The lowest BCUT2D eigenvalue weighted by Crippen LogP contribution is -2.36. The number of carbonyl (C=O) groups excluding carboxylic acids is 1. The first-order valence-electron chi connectivity index (χ1n) is 6.62. The van der Waals surface area contributed by atoms with Crippen LogP contribution in [0.15, 0.2) is 35.7 Å². The second-order valence-electron chi connectivity index (χ2n) is 5.11. The Kier molecular flexibility index (Phi) is 4.45. The molecule has 0 spiro atoms. The number of thiophene rings is 1. The predicted octanol–water partition coefficient (Wildman–Crippen LogP) is 3.81. The van der Waals surface area contributed by atoms with Crippen molar-refractivity contribution in [2.45, 2.75) is 33.4 Å².